The molecular weight excluding hydrogens is 299 g/mol. The summed E-state index contributed by atoms with van der Waals surface area (Å²) in [4.78, 5) is 2.14. The second kappa shape index (κ2) is 6.95. The first kappa shape index (κ1) is 15.2. The van der Waals surface area contributed by atoms with Crippen LogP contribution in [0.3, 0.4) is 0 Å². The number of ether oxygens (including phenoxy) is 1. The highest BCUT2D eigenvalue weighted by atomic mass is 79.9. The monoisotopic (exact) mass is 318 g/mol. The van der Waals surface area contributed by atoms with Crippen LogP contribution in [0.25, 0.3) is 0 Å². The lowest BCUT2D eigenvalue weighted by atomic mass is 10.1. The number of anilines is 2. The van der Waals surface area contributed by atoms with Crippen molar-refractivity contribution >= 4 is 27.3 Å². The van der Waals surface area contributed by atoms with Crippen molar-refractivity contribution < 1.29 is 9.13 Å². The molecule has 0 fully saturated rings. The third kappa shape index (κ3) is 3.59. The largest absolute Gasteiger partial charge is 0.397 e. The molecule has 1 unspecified atom stereocenters. The van der Waals surface area contributed by atoms with Crippen molar-refractivity contribution in [1.82, 2.24) is 0 Å². The van der Waals surface area contributed by atoms with Gasteiger partial charge in [-0.2, -0.15) is 0 Å². The summed E-state index contributed by atoms with van der Waals surface area (Å²) < 4.78 is 18.9. The number of nitrogens with zero attached hydrogens (tertiary/aromatic N) is 1. The van der Waals surface area contributed by atoms with Gasteiger partial charge in [0.25, 0.3) is 0 Å². The van der Waals surface area contributed by atoms with Crippen LogP contribution in [0.4, 0.5) is 15.8 Å². The van der Waals surface area contributed by atoms with Gasteiger partial charge >= 0.3 is 0 Å². The lowest BCUT2D eigenvalue weighted by Crippen LogP contribution is -2.36. The zero-order chi connectivity index (χ0) is 13.7. The highest BCUT2D eigenvalue weighted by molar-refractivity contribution is 9.10. The molecule has 0 saturated heterocycles. The Balaban J connectivity index is 3.07. The van der Waals surface area contributed by atoms with Crippen LogP contribution in [0.5, 0.6) is 0 Å². The van der Waals surface area contributed by atoms with Gasteiger partial charge in [-0.15, -0.1) is 0 Å². The molecule has 2 N–H and O–H groups in total. The van der Waals surface area contributed by atoms with Crippen molar-refractivity contribution in [3.05, 3.63) is 22.4 Å². The van der Waals surface area contributed by atoms with Gasteiger partial charge in [0.2, 0.25) is 0 Å². The molecule has 0 aromatic heterocycles. The van der Waals surface area contributed by atoms with E-state index in [-0.39, 0.29) is 5.82 Å². The van der Waals surface area contributed by atoms with Crippen LogP contribution >= 0.6 is 15.9 Å². The van der Waals surface area contributed by atoms with Crippen molar-refractivity contribution in [3.63, 3.8) is 0 Å². The number of rotatable bonds is 6. The molecular formula is C13H20BrFN2O. The number of methoxy groups -OCH3 is 1. The summed E-state index contributed by atoms with van der Waals surface area (Å²) in [6, 6.07) is 3.40. The minimum atomic E-state index is -0.341. The van der Waals surface area contributed by atoms with E-state index in [1.165, 1.54) is 6.07 Å². The molecule has 1 aromatic rings. The Hall–Kier alpha value is -0.810. The van der Waals surface area contributed by atoms with Crippen molar-refractivity contribution in [3.8, 4) is 0 Å². The third-order valence-corrected chi connectivity index (χ3v) is 3.65. The first-order chi connectivity index (χ1) is 8.51. The fraction of sp³-hybridized carbons (Fsp3) is 0.538. The molecule has 5 heteroatoms. The maximum atomic E-state index is 13.4. The predicted molar refractivity (Wildman–Crippen MR) is 77.5 cm³/mol. The third-order valence-electron chi connectivity index (χ3n) is 3.04. The number of benzene rings is 1. The van der Waals surface area contributed by atoms with E-state index in [0.29, 0.717) is 22.8 Å². The summed E-state index contributed by atoms with van der Waals surface area (Å²) in [5.74, 6) is -0.341. The Morgan fingerprint density at radius 2 is 2.17 bits per heavy atom. The molecule has 0 saturated carbocycles. The number of nitrogens with two attached hydrogens (primary N) is 1. The fourth-order valence-electron chi connectivity index (χ4n) is 1.79. The molecule has 0 aliphatic carbocycles. The molecule has 1 atom stereocenters. The second-order valence-corrected chi connectivity index (χ2v) is 5.12. The minimum absolute atomic E-state index is 0.319. The Labute approximate surface area is 116 Å². The SMILES string of the molecule is CCC(C)N(CCOC)c1cc(Br)c(F)cc1N. The van der Waals surface area contributed by atoms with Crippen molar-refractivity contribution in [2.45, 2.75) is 26.3 Å². The van der Waals surface area contributed by atoms with E-state index < -0.39 is 0 Å². The van der Waals surface area contributed by atoms with Gasteiger partial charge in [0.1, 0.15) is 5.82 Å². The van der Waals surface area contributed by atoms with E-state index in [9.17, 15) is 4.39 Å². The highest BCUT2D eigenvalue weighted by Gasteiger charge is 2.17. The lowest BCUT2D eigenvalue weighted by molar-refractivity contribution is 0.203. The van der Waals surface area contributed by atoms with E-state index in [1.807, 2.05) is 0 Å². The van der Waals surface area contributed by atoms with Crippen LogP contribution in [0.1, 0.15) is 20.3 Å². The Morgan fingerprint density at radius 3 is 2.72 bits per heavy atom. The maximum absolute atomic E-state index is 13.4. The minimum Gasteiger partial charge on any atom is -0.397 e. The van der Waals surface area contributed by atoms with Gasteiger partial charge in [0.15, 0.2) is 0 Å². The van der Waals surface area contributed by atoms with Gasteiger partial charge in [0.05, 0.1) is 22.5 Å². The molecule has 0 bridgehead atoms. The van der Waals surface area contributed by atoms with Gasteiger partial charge in [-0.3, -0.25) is 0 Å². The molecule has 0 aliphatic rings. The van der Waals surface area contributed by atoms with E-state index in [0.717, 1.165) is 18.7 Å². The van der Waals surface area contributed by atoms with Crippen molar-refractivity contribution in [2.75, 3.05) is 30.9 Å². The van der Waals surface area contributed by atoms with Crippen LogP contribution in [-0.4, -0.2) is 26.3 Å². The zero-order valence-corrected chi connectivity index (χ0v) is 12.6. The summed E-state index contributed by atoms with van der Waals surface area (Å²) in [6.07, 6.45) is 0.984. The maximum Gasteiger partial charge on any atom is 0.139 e. The molecule has 3 nitrogen and oxygen atoms in total. The van der Waals surface area contributed by atoms with Crippen LogP contribution < -0.4 is 10.6 Å². The topological polar surface area (TPSA) is 38.5 Å². The lowest BCUT2D eigenvalue weighted by Gasteiger charge is -2.31. The Kier molecular flexibility index (Phi) is 5.88. The molecule has 1 aromatic carbocycles. The Morgan fingerprint density at radius 1 is 1.50 bits per heavy atom. The van der Waals surface area contributed by atoms with Crippen LogP contribution in [0.15, 0.2) is 16.6 Å². The average molecular weight is 319 g/mol. The number of nitrogen functional groups attached to an aromatic ring is 1. The van der Waals surface area contributed by atoms with Gasteiger partial charge in [-0.25, -0.2) is 4.39 Å². The zero-order valence-electron chi connectivity index (χ0n) is 11.0. The molecule has 0 spiro atoms. The van der Waals surface area contributed by atoms with E-state index in [4.69, 9.17) is 10.5 Å². The van der Waals surface area contributed by atoms with E-state index in [1.54, 1.807) is 13.2 Å². The number of halogens is 2. The quantitative estimate of drug-likeness (QED) is 0.817. The van der Waals surface area contributed by atoms with Gasteiger partial charge < -0.3 is 15.4 Å². The molecule has 18 heavy (non-hydrogen) atoms. The van der Waals surface area contributed by atoms with Crippen LogP contribution in [-0.2, 0) is 4.74 Å². The number of hydrogen-bond donors (Lipinski definition) is 1. The van der Waals surface area contributed by atoms with Crippen molar-refractivity contribution in [1.29, 1.82) is 0 Å². The smallest absolute Gasteiger partial charge is 0.139 e. The van der Waals surface area contributed by atoms with Crippen LogP contribution in [0, 0.1) is 5.82 Å². The summed E-state index contributed by atoms with van der Waals surface area (Å²) in [5, 5.41) is 0. The Bertz CT molecular complexity index is 401. The molecule has 1 rings (SSSR count). The summed E-state index contributed by atoms with van der Waals surface area (Å²) >= 11 is 3.20. The summed E-state index contributed by atoms with van der Waals surface area (Å²) in [5.41, 5.74) is 7.21. The van der Waals surface area contributed by atoms with E-state index >= 15 is 0 Å². The second-order valence-electron chi connectivity index (χ2n) is 4.27. The predicted octanol–water partition coefficient (Wildman–Crippen LogP) is 3.42. The first-order valence-electron chi connectivity index (χ1n) is 6.01. The molecule has 0 amide bonds. The summed E-state index contributed by atoms with van der Waals surface area (Å²) in [6.45, 7) is 5.57. The number of hydrogen-bond acceptors (Lipinski definition) is 3. The van der Waals surface area contributed by atoms with Crippen LogP contribution in [0.2, 0.25) is 0 Å². The molecule has 102 valence electrons. The van der Waals surface area contributed by atoms with Crippen molar-refractivity contribution in [2.24, 2.45) is 0 Å². The fourth-order valence-corrected chi connectivity index (χ4v) is 2.12. The van der Waals surface area contributed by atoms with Gasteiger partial charge in [0, 0.05) is 25.8 Å². The average Bonchev–Trinajstić information content (AvgIpc) is 2.35. The molecule has 0 aliphatic heterocycles. The normalized spacial score (nSPS) is 12.5. The summed E-state index contributed by atoms with van der Waals surface area (Å²) in [7, 11) is 1.67. The standard InChI is InChI=1S/C13H20BrFN2O/c1-4-9(2)17(5-6-18-3)13-7-10(14)11(15)8-12(13)16/h7-9H,4-6,16H2,1-3H3. The van der Waals surface area contributed by atoms with Gasteiger partial charge in [-0.05, 0) is 35.3 Å². The van der Waals surface area contributed by atoms with E-state index in [2.05, 4.69) is 34.7 Å². The highest BCUT2D eigenvalue weighted by Crippen LogP contribution is 2.31. The van der Waals surface area contributed by atoms with Gasteiger partial charge in [-0.1, -0.05) is 6.92 Å². The first-order valence-corrected chi connectivity index (χ1v) is 6.80. The molecule has 0 heterocycles. The molecule has 0 radical (unpaired) electrons.